The molecule has 0 radical (unpaired) electrons. The van der Waals surface area contributed by atoms with Gasteiger partial charge in [-0.05, 0) is 43.6 Å². The van der Waals surface area contributed by atoms with Gasteiger partial charge in [-0.15, -0.1) is 0 Å². The number of nitrogens with zero attached hydrogens (tertiary/aromatic N) is 1. The van der Waals surface area contributed by atoms with Crippen LogP contribution < -0.4 is 4.74 Å². The van der Waals surface area contributed by atoms with E-state index in [-0.39, 0.29) is 0 Å². The number of ether oxygens (including phenoxy) is 1. The van der Waals surface area contributed by atoms with E-state index in [9.17, 15) is 0 Å². The first-order valence-electron chi connectivity index (χ1n) is 6.13. The van der Waals surface area contributed by atoms with Gasteiger partial charge < -0.3 is 9.84 Å². The molecule has 0 bridgehead atoms. The standard InChI is InChI=1S/C13H18BrNO2/c14-12-5-6-15-13(7-12)17-9-11-3-1-10(8-16)2-4-11/h5-7,10-11,16H,1-4,8-9H2/t10-,11-. The fourth-order valence-electron chi connectivity index (χ4n) is 2.25. The van der Waals surface area contributed by atoms with Crippen molar-refractivity contribution in [3.63, 3.8) is 0 Å². The molecule has 3 nitrogen and oxygen atoms in total. The van der Waals surface area contributed by atoms with Gasteiger partial charge in [0.1, 0.15) is 0 Å². The molecule has 0 spiro atoms. The maximum atomic E-state index is 9.07. The first-order chi connectivity index (χ1) is 8.28. The Labute approximate surface area is 110 Å². The van der Waals surface area contributed by atoms with Crippen LogP contribution in [0.25, 0.3) is 0 Å². The van der Waals surface area contributed by atoms with Gasteiger partial charge in [0.05, 0.1) is 6.61 Å². The van der Waals surface area contributed by atoms with Crippen LogP contribution in [0.5, 0.6) is 5.88 Å². The van der Waals surface area contributed by atoms with Gasteiger partial charge in [-0.2, -0.15) is 0 Å². The number of hydrogen-bond acceptors (Lipinski definition) is 3. The van der Waals surface area contributed by atoms with Crippen molar-refractivity contribution in [1.29, 1.82) is 0 Å². The highest BCUT2D eigenvalue weighted by Crippen LogP contribution is 2.28. The first-order valence-corrected chi connectivity index (χ1v) is 6.92. The second-order valence-electron chi connectivity index (χ2n) is 4.69. The Hall–Kier alpha value is -0.610. The van der Waals surface area contributed by atoms with Gasteiger partial charge >= 0.3 is 0 Å². The predicted molar refractivity (Wildman–Crippen MR) is 70.0 cm³/mol. The van der Waals surface area contributed by atoms with Crippen LogP contribution in [0.2, 0.25) is 0 Å². The lowest BCUT2D eigenvalue weighted by Crippen LogP contribution is -2.21. The molecule has 1 N–H and O–H groups in total. The normalized spacial score (nSPS) is 24.6. The lowest BCUT2D eigenvalue weighted by atomic mass is 9.83. The molecule has 1 aliphatic rings. The summed E-state index contributed by atoms with van der Waals surface area (Å²) in [6.45, 7) is 1.07. The molecule has 0 saturated heterocycles. The average molecular weight is 300 g/mol. The monoisotopic (exact) mass is 299 g/mol. The summed E-state index contributed by atoms with van der Waals surface area (Å²) in [5.74, 6) is 1.80. The number of pyridine rings is 1. The number of aromatic nitrogens is 1. The highest BCUT2D eigenvalue weighted by molar-refractivity contribution is 9.10. The summed E-state index contributed by atoms with van der Waals surface area (Å²) in [7, 11) is 0. The molecule has 94 valence electrons. The highest BCUT2D eigenvalue weighted by Gasteiger charge is 2.21. The maximum absolute atomic E-state index is 9.07. The molecular formula is C13H18BrNO2. The van der Waals surface area contributed by atoms with Crippen LogP contribution in [-0.2, 0) is 0 Å². The van der Waals surface area contributed by atoms with E-state index in [1.807, 2.05) is 12.1 Å². The van der Waals surface area contributed by atoms with Crippen LogP contribution in [-0.4, -0.2) is 23.3 Å². The van der Waals surface area contributed by atoms with E-state index in [0.29, 0.717) is 24.3 Å². The smallest absolute Gasteiger partial charge is 0.214 e. The summed E-state index contributed by atoms with van der Waals surface area (Å²) in [4.78, 5) is 4.16. The molecule has 1 aromatic heterocycles. The number of aliphatic hydroxyl groups excluding tert-OH is 1. The van der Waals surface area contributed by atoms with Crippen molar-refractivity contribution < 1.29 is 9.84 Å². The second-order valence-corrected chi connectivity index (χ2v) is 5.61. The van der Waals surface area contributed by atoms with Crippen LogP contribution in [0, 0.1) is 11.8 Å². The fraction of sp³-hybridized carbons (Fsp3) is 0.615. The van der Waals surface area contributed by atoms with Crippen LogP contribution in [0.3, 0.4) is 0 Å². The lowest BCUT2D eigenvalue weighted by molar-refractivity contribution is 0.137. The summed E-state index contributed by atoms with van der Waals surface area (Å²) in [5, 5.41) is 9.07. The van der Waals surface area contributed by atoms with E-state index in [1.165, 1.54) is 0 Å². The van der Waals surface area contributed by atoms with E-state index < -0.39 is 0 Å². The zero-order chi connectivity index (χ0) is 12.1. The highest BCUT2D eigenvalue weighted by atomic mass is 79.9. The Bertz CT molecular complexity index is 351. The van der Waals surface area contributed by atoms with Crippen LogP contribution >= 0.6 is 15.9 Å². The Morgan fingerprint density at radius 2 is 2.00 bits per heavy atom. The van der Waals surface area contributed by atoms with E-state index >= 15 is 0 Å². The van der Waals surface area contributed by atoms with Gasteiger partial charge in [-0.25, -0.2) is 4.98 Å². The number of aliphatic hydroxyl groups is 1. The fourth-order valence-corrected chi connectivity index (χ4v) is 2.56. The minimum absolute atomic E-state index is 0.334. The van der Waals surface area contributed by atoms with E-state index in [1.54, 1.807) is 6.20 Å². The third kappa shape index (κ3) is 3.96. The largest absolute Gasteiger partial charge is 0.477 e. The van der Waals surface area contributed by atoms with Gasteiger partial charge in [-0.1, -0.05) is 15.9 Å². The first kappa shape index (κ1) is 12.8. The molecule has 1 fully saturated rings. The molecule has 1 heterocycles. The molecule has 2 rings (SSSR count). The molecule has 1 aromatic rings. The predicted octanol–water partition coefficient (Wildman–Crippen LogP) is 3.02. The molecule has 17 heavy (non-hydrogen) atoms. The topological polar surface area (TPSA) is 42.4 Å². The molecule has 4 heteroatoms. The zero-order valence-corrected chi connectivity index (χ0v) is 11.4. The summed E-state index contributed by atoms with van der Waals surface area (Å²) in [6.07, 6.45) is 6.29. The molecule has 0 atom stereocenters. The van der Waals surface area contributed by atoms with Gasteiger partial charge in [0.25, 0.3) is 0 Å². The van der Waals surface area contributed by atoms with E-state index in [0.717, 1.165) is 36.8 Å². The second kappa shape index (κ2) is 6.36. The Kier molecular flexibility index (Phi) is 4.80. The minimum atomic E-state index is 0.334. The SMILES string of the molecule is OC[C@H]1CC[C@H](COc2cc(Br)ccn2)CC1. The van der Waals surface area contributed by atoms with Crippen LogP contribution in [0.15, 0.2) is 22.8 Å². The number of hydrogen-bond donors (Lipinski definition) is 1. The summed E-state index contributed by atoms with van der Waals surface area (Å²) >= 11 is 3.40. The Balaban J connectivity index is 1.76. The number of halogens is 1. The van der Waals surface area contributed by atoms with Gasteiger partial charge in [-0.3, -0.25) is 0 Å². The lowest BCUT2D eigenvalue weighted by Gasteiger charge is -2.26. The van der Waals surface area contributed by atoms with Crippen molar-refractivity contribution in [3.8, 4) is 5.88 Å². The van der Waals surface area contributed by atoms with Crippen molar-refractivity contribution in [2.24, 2.45) is 11.8 Å². The van der Waals surface area contributed by atoms with Crippen molar-refractivity contribution in [1.82, 2.24) is 4.98 Å². The van der Waals surface area contributed by atoms with Crippen molar-refractivity contribution >= 4 is 15.9 Å². The molecule has 0 amide bonds. The van der Waals surface area contributed by atoms with Crippen molar-refractivity contribution in [2.75, 3.05) is 13.2 Å². The van der Waals surface area contributed by atoms with Crippen LogP contribution in [0.1, 0.15) is 25.7 Å². The van der Waals surface area contributed by atoms with Crippen molar-refractivity contribution in [3.05, 3.63) is 22.8 Å². The van der Waals surface area contributed by atoms with Crippen LogP contribution in [0.4, 0.5) is 0 Å². The quantitative estimate of drug-likeness (QED) is 0.929. The Morgan fingerprint density at radius 1 is 1.29 bits per heavy atom. The average Bonchev–Trinajstić information content (AvgIpc) is 2.37. The molecule has 0 unspecified atom stereocenters. The molecule has 0 aromatic carbocycles. The van der Waals surface area contributed by atoms with Gasteiger partial charge in [0.2, 0.25) is 5.88 Å². The molecule has 1 aliphatic carbocycles. The van der Waals surface area contributed by atoms with Gasteiger partial charge in [0, 0.05) is 23.3 Å². The third-order valence-electron chi connectivity index (χ3n) is 3.39. The Morgan fingerprint density at radius 3 is 2.65 bits per heavy atom. The summed E-state index contributed by atoms with van der Waals surface area (Å²) in [5.41, 5.74) is 0. The summed E-state index contributed by atoms with van der Waals surface area (Å²) < 4.78 is 6.68. The van der Waals surface area contributed by atoms with E-state index in [4.69, 9.17) is 9.84 Å². The minimum Gasteiger partial charge on any atom is -0.477 e. The van der Waals surface area contributed by atoms with Crippen molar-refractivity contribution in [2.45, 2.75) is 25.7 Å². The molecular weight excluding hydrogens is 282 g/mol. The number of rotatable bonds is 4. The maximum Gasteiger partial charge on any atom is 0.214 e. The molecule has 1 saturated carbocycles. The third-order valence-corrected chi connectivity index (χ3v) is 3.88. The van der Waals surface area contributed by atoms with E-state index in [2.05, 4.69) is 20.9 Å². The van der Waals surface area contributed by atoms with Gasteiger partial charge in [0.15, 0.2) is 0 Å². The summed E-state index contributed by atoms with van der Waals surface area (Å²) in [6, 6.07) is 3.78. The molecule has 0 aliphatic heterocycles. The zero-order valence-electron chi connectivity index (χ0n) is 9.81.